The van der Waals surface area contributed by atoms with Gasteiger partial charge in [-0.05, 0) is 47.8 Å². The van der Waals surface area contributed by atoms with E-state index in [4.69, 9.17) is 14.2 Å². The van der Waals surface area contributed by atoms with E-state index in [9.17, 15) is 4.79 Å². The molecular formula is C16H22BrNO4. The largest absolute Gasteiger partial charge is 0.493 e. The Morgan fingerprint density at radius 2 is 2.00 bits per heavy atom. The van der Waals surface area contributed by atoms with E-state index in [0.717, 1.165) is 17.3 Å². The lowest BCUT2D eigenvalue weighted by Crippen LogP contribution is -2.40. The lowest BCUT2D eigenvalue weighted by molar-refractivity contribution is 0.0350. The van der Waals surface area contributed by atoms with Crippen LogP contribution in [0.3, 0.4) is 0 Å². The Morgan fingerprint density at radius 3 is 2.55 bits per heavy atom. The highest BCUT2D eigenvalue weighted by molar-refractivity contribution is 9.10. The molecule has 0 unspecified atom stereocenters. The fraction of sp³-hybridized carbons (Fsp3) is 0.562. The van der Waals surface area contributed by atoms with Gasteiger partial charge < -0.3 is 19.1 Å². The van der Waals surface area contributed by atoms with E-state index >= 15 is 0 Å². The number of amides is 1. The number of hydrogen-bond acceptors (Lipinski definition) is 4. The highest BCUT2D eigenvalue weighted by Gasteiger charge is 2.25. The number of ether oxygens (including phenoxy) is 3. The quantitative estimate of drug-likeness (QED) is 0.797. The normalized spacial score (nSPS) is 15.7. The third kappa shape index (κ3) is 3.73. The lowest BCUT2D eigenvalue weighted by Gasteiger charge is -2.31. The molecule has 0 spiro atoms. The van der Waals surface area contributed by atoms with Crippen LogP contribution in [0.4, 0.5) is 0 Å². The molecule has 0 saturated carbocycles. The number of piperidine rings is 1. The van der Waals surface area contributed by atoms with Crippen LogP contribution in [0, 0.1) is 0 Å². The van der Waals surface area contributed by atoms with Crippen molar-refractivity contribution >= 4 is 21.8 Å². The van der Waals surface area contributed by atoms with Gasteiger partial charge in [0.2, 0.25) is 0 Å². The number of hydrogen-bond donors (Lipinski definition) is 0. The predicted octanol–water partition coefficient (Wildman–Crippen LogP) is 3.11. The first-order chi connectivity index (χ1) is 10.6. The highest BCUT2D eigenvalue weighted by atomic mass is 79.9. The molecule has 2 rings (SSSR count). The smallest absolute Gasteiger partial charge is 0.254 e. The molecule has 1 aliphatic rings. The third-order valence-electron chi connectivity index (χ3n) is 3.83. The second-order valence-corrected chi connectivity index (χ2v) is 6.00. The average Bonchev–Trinajstić information content (AvgIpc) is 2.56. The molecule has 1 saturated heterocycles. The van der Waals surface area contributed by atoms with Crippen LogP contribution < -0.4 is 9.47 Å². The van der Waals surface area contributed by atoms with E-state index < -0.39 is 0 Å². The maximum absolute atomic E-state index is 12.7. The summed E-state index contributed by atoms with van der Waals surface area (Å²) in [4.78, 5) is 14.5. The Balaban J connectivity index is 2.18. The first-order valence-corrected chi connectivity index (χ1v) is 8.22. The summed E-state index contributed by atoms with van der Waals surface area (Å²) in [7, 11) is 3.29. The van der Waals surface area contributed by atoms with Crippen molar-refractivity contribution in [2.75, 3.05) is 33.9 Å². The van der Waals surface area contributed by atoms with Crippen molar-refractivity contribution in [3.8, 4) is 11.5 Å². The molecule has 0 aromatic heterocycles. The number of likely N-dealkylation sites (tertiary alicyclic amines) is 1. The standard InChI is InChI=1S/C16H22BrNO4/c1-4-22-15-13(17)9-11(10-14(15)21-3)16(19)18-7-5-12(20-2)6-8-18/h9-10,12H,4-8H2,1-3H3. The van der Waals surface area contributed by atoms with Crippen LogP contribution in [0.5, 0.6) is 11.5 Å². The minimum atomic E-state index is 0.0107. The number of carbonyl (C=O) groups excluding carboxylic acids is 1. The number of nitrogens with zero attached hydrogens (tertiary/aromatic N) is 1. The molecule has 0 N–H and O–H groups in total. The van der Waals surface area contributed by atoms with E-state index in [2.05, 4.69) is 15.9 Å². The summed E-state index contributed by atoms with van der Waals surface area (Å²) in [5.74, 6) is 1.20. The van der Waals surface area contributed by atoms with Crippen molar-refractivity contribution in [1.82, 2.24) is 4.90 Å². The molecule has 22 heavy (non-hydrogen) atoms. The lowest BCUT2D eigenvalue weighted by atomic mass is 10.1. The number of benzene rings is 1. The SMILES string of the molecule is CCOc1c(Br)cc(C(=O)N2CCC(OC)CC2)cc1OC. The summed E-state index contributed by atoms with van der Waals surface area (Å²) < 4.78 is 17.0. The maximum Gasteiger partial charge on any atom is 0.254 e. The average molecular weight is 372 g/mol. The molecule has 1 heterocycles. The summed E-state index contributed by atoms with van der Waals surface area (Å²) in [6.07, 6.45) is 2.00. The molecule has 1 aromatic carbocycles. The maximum atomic E-state index is 12.7. The summed E-state index contributed by atoms with van der Waals surface area (Å²) >= 11 is 3.46. The zero-order valence-corrected chi connectivity index (χ0v) is 14.8. The Kier molecular flexibility index (Phi) is 6.08. The molecule has 1 aromatic rings. The molecule has 0 atom stereocenters. The van der Waals surface area contributed by atoms with Crippen molar-refractivity contribution in [2.24, 2.45) is 0 Å². The minimum Gasteiger partial charge on any atom is -0.493 e. The Bertz CT molecular complexity index is 527. The fourth-order valence-corrected chi connectivity index (χ4v) is 3.16. The van der Waals surface area contributed by atoms with Crippen LogP contribution in [-0.4, -0.2) is 50.8 Å². The topological polar surface area (TPSA) is 48.0 Å². The Morgan fingerprint density at radius 1 is 1.32 bits per heavy atom. The van der Waals surface area contributed by atoms with Crippen molar-refractivity contribution in [2.45, 2.75) is 25.9 Å². The van der Waals surface area contributed by atoms with E-state index in [0.29, 0.717) is 36.8 Å². The molecule has 0 aliphatic carbocycles. The van der Waals surface area contributed by atoms with Gasteiger partial charge in [-0.1, -0.05) is 0 Å². The Hall–Kier alpha value is -1.27. The summed E-state index contributed by atoms with van der Waals surface area (Å²) in [5, 5.41) is 0. The summed E-state index contributed by atoms with van der Waals surface area (Å²) in [6.45, 7) is 3.87. The zero-order chi connectivity index (χ0) is 16.1. The van der Waals surface area contributed by atoms with Gasteiger partial charge in [-0.25, -0.2) is 0 Å². The Labute approximate surface area is 139 Å². The van der Waals surface area contributed by atoms with Crippen molar-refractivity contribution < 1.29 is 19.0 Å². The molecule has 122 valence electrons. The number of halogens is 1. The first-order valence-electron chi connectivity index (χ1n) is 7.43. The molecule has 1 fully saturated rings. The van der Waals surface area contributed by atoms with Gasteiger partial charge in [0.05, 0.1) is 24.3 Å². The van der Waals surface area contributed by atoms with Gasteiger partial charge in [-0.2, -0.15) is 0 Å². The molecule has 1 aliphatic heterocycles. The molecule has 0 bridgehead atoms. The van der Waals surface area contributed by atoms with E-state index in [1.807, 2.05) is 11.8 Å². The van der Waals surface area contributed by atoms with Crippen LogP contribution in [-0.2, 0) is 4.74 Å². The molecular weight excluding hydrogens is 350 g/mol. The predicted molar refractivity (Wildman–Crippen MR) is 87.8 cm³/mol. The van der Waals surface area contributed by atoms with Crippen molar-refractivity contribution in [1.29, 1.82) is 0 Å². The molecule has 6 heteroatoms. The van der Waals surface area contributed by atoms with Gasteiger partial charge in [0.1, 0.15) is 0 Å². The molecule has 0 radical (unpaired) electrons. The van der Waals surface area contributed by atoms with Gasteiger partial charge in [0.25, 0.3) is 5.91 Å². The van der Waals surface area contributed by atoms with Crippen molar-refractivity contribution in [3.05, 3.63) is 22.2 Å². The van der Waals surface area contributed by atoms with E-state index in [1.165, 1.54) is 0 Å². The number of carbonyl (C=O) groups is 1. The molecule has 5 nitrogen and oxygen atoms in total. The third-order valence-corrected chi connectivity index (χ3v) is 4.42. The minimum absolute atomic E-state index is 0.0107. The van der Waals surface area contributed by atoms with Crippen molar-refractivity contribution in [3.63, 3.8) is 0 Å². The first kappa shape index (κ1) is 17.1. The summed E-state index contributed by atoms with van der Waals surface area (Å²) in [6, 6.07) is 3.53. The number of rotatable bonds is 5. The van der Waals surface area contributed by atoms with E-state index in [-0.39, 0.29) is 12.0 Å². The van der Waals surface area contributed by atoms with Gasteiger partial charge in [-0.3, -0.25) is 4.79 Å². The van der Waals surface area contributed by atoms with Crippen LogP contribution >= 0.6 is 15.9 Å². The van der Waals surface area contributed by atoms with Crippen LogP contribution in [0.15, 0.2) is 16.6 Å². The van der Waals surface area contributed by atoms with Gasteiger partial charge >= 0.3 is 0 Å². The van der Waals surface area contributed by atoms with Gasteiger partial charge in [0.15, 0.2) is 11.5 Å². The molecule has 1 amide bonds. The zero-order valence-electron chi connectivity index (χ0n) is 13.2. The highest BCUT2D eigenvalue weighted by Crippen LogP contribution is 2.37. The van der Waals surface area contributed by atoms with Crippen LogP contribution in [0.2, 0.25) is 0 Å². The van der Waals surface area contributed by atoms with E-state index in [1.54, 1.807) is 26.4 Å². The van der Waals surface area contributed by atoms with Crippen LogP contribution in [0.1, 0.15) is 30.1 Å². The summed E-state index contributed by atoms with van der Waals surface area (Å²) in [5.41, 5.74) is 0.600. The van der Waals surface area contributed by atoms with Gasteiger partial charge in [0, 0.05) is 25.8 Å². The fourth-order valence-electron chi connectivity index (χ4n) is 2.60. The van der Waals surface area contributed by atoms with Gasteiger partial charge in [-0.15, -0.1) is 0 Å². The van der Waals surface area contributed by atoms with Crippen LogP contribution in [0.25, 0.3) is 0 Å². The number of methoxy groups -OCH3 is 2. The second kappa shape index (κ2) is 7.83. The second-order valence-electron chi connectivity index (χ2n) is 5.15. The monoisotopic (exact) mass is 371 g/mol.